The lowest BCUT2D eigenvalue weighted by Crippen LogP contribution is -2.39. The highest BCUT2D eigenvalue weighted by Crippen LogP contribution is 2.32. The molecule has 0 amide bonds. The molecule has 1 aromatic carbocycles. The zero-order valence-electron chi connectivity index (χ0n) is 12.2. The molecule has 0 spiro atoms. The number of nitrogens with two attached hydrogens (primary N) is 1. The molecule has 1 rings (SSSR count). The minimum absolute atomic E-state index is 0. The molecule has 0 aromatic heterocycles. The van der Waals surface area contributed by atoms with Crippen molar-refractivity contribution in [2.45, 2.75) is 45.9 Å². The van der Waals surface area contributed by atoms with Gasteiger partial charge >= 0.3 is 0 Å². The summed E-state index contributed by atoms with van der Waals surface area (Å²) in [4.78, 5) is 2.27. The predicted octanol–water partition coefficient (Wildman–Crippen LogP) is 4.37. The van der Waals surface area contributed by atoms with Gasteiger partial charge in [0.15, 0.2) is 0 Å². The minimum atomic E-state index is -0.530. The van der Waals surface area contributed by atoms with Crippen LogP contribution in [0.15, 0.2) is 21.1 Å². The lowest BCUT2D eigenvalue weighted by atomic mass is 10.1. The summed E-state index contributed by atoms with van der Waals surface area (Å²) in [7, 11) is 0. The summed E-state index contributed by atoms with van der Waals surface area (Å²) in [5.41, 5.74) is 7.38. The number of nitrogens with zero attached hydrogens (tertiary/aromatic N) is 1. The van der Waals surface area contributed by atoms with E-state index in [0.29, 0.717) is 24.3 Å². The van der Waals surface area contributed by atoms with Crippen molar-refractivity contribution in [2.24, 2.45) is 0 Å². The molecular formula is C14H23Br2ClN2O. The van der Waals surface area contributed by atoms with Crippen LogP contribution in [-0.2, 0) is 0 Å². The van der Waals surface area contributed by atoms with Crippen molar-refractivity contribution in [1.82, 2.24) is 4.90 Å². The summed E-state index contributed by atoms with van der Waals surface area (Å²) in [6.45, 7) is 9.17. The smallest absolute Gasteiger partial charge is 0.0917 e. The van der Waals surface area contributed by atoms with Gasteiger partial charge in [-0.05, 0) is 77.3 Å². The first kappa shape index (κ1) is 20.2. The third kappa shape index (κ3) is 5.19. The number of benzene rings is 1. The zero-order valence-corrected chi connectivity index (χ0v) is 16.2. The molecule has 3 nitrogen and oxygen atoms in total. The molecule has 0 aliphatic rings. The number of aliphatic hydroxyl groups excluding tert-OH is 1. The minimum Gasteiger partial charge on any atom is -0.397 e. The molecule has 116 valence electrons. The molecule has 0 saturated heterocycles. The highest BCUT2D eigenvalue weighted by molar-refractivity contribution is 9.11. The van der Waals surface area contributed by atoms with Gasteiger partial charge < -0.3 is 10.8 Å². The van der Waals surface area contributed by atoms with Crippen LogP contribution in [0.4, 0.5) is 5.69 Å². The normalized spacial score (nSPS) is 12.9. The lowest BCUT2D eigenvalue weighted by molar-refractivity contribution is 0.0756. The molecule has 0 heterocycles. The van der Waals surface area contributed by atoms with Gasteiger partial charge in [0.25, 0.3) is 0 Å². The van der Waals surface area contributed by atoms with Gasteiger partial charge in [0.05, 0.1) is 11.8 Å². The largest absolute Gasteiger partial charge is 0.397 e. The van der Waals surface area contributed by atoms with Crippen molar-refractivity contribution in [2.75, 3.05) is 12.3 Å². The van der Waals surface area contributed by atoms with Gasteiger partial charge in [-0.15, -0.1) is 12.4 Å². The van der Waals surface area contributed by atoms with Gasteiger partial charge in [0.1, 0.15) is 0 Å². The molecule has 0 radical (unpaired) electrons. The standard InChI is InChI=1S/C14H22Br2N2O.ClH/c1-8(2)18(9(3)4)7-13(19)10-5-11(15)14(17)12(16)6-10;/h5-6,8-9,13,19H,7,17H2,1-4H3;1H. The highest BCUT2D eigenvalue weighted by Gasteiger charge is 2.19. The van der Waals surface area contributed by atoms with Crippen LogP contribution >= 0.6 is 44.3 Å². The fraction of sp³-hybridized carbons (Fsp3) is 0.571. The second kappa shape index (κ2) is 8.59. The molecule has 6 heteroatoms. The Labute approximate surface area is 144 Å². The van der Waals surface area contributed by atoms with Crippen molar-refractivity contribution in [3.05, 3.63) is 26.6 Å². The van der Waals surface area contributed by atoms with Crippen molar-refractivity contribution >= 4 is 50.0 Å². The third-order valence-corrected chi connectivity index (χ3v) is 4.51. The van der Waals surface area contributed by atoms with E-state index in [1.807, 2.05) is 12.1 Å². The number of hydrogen-bond acceptors (Lipinski definition) is 3. The van der Waals surface area contributed by atoms with Gasteiger partial charge in [-0.3, -0.25) is 4.90 Å². The average Bonchev–Trinajstić information content (AvgIpc) is 2.31. The Hall–Kier alpha value is 0.190. The monoisotopic (exact) mass is 428 g/mol. The van der Waals surface area contributed by atoms with E-state index in [-0.39, 0.29) is 12.4 Å². The first-order valence-electron chi connectivity index (χ1n) is 6.42. The Balaban J connectivity index is 0.00000361. The molecule has 0 fully saturated rings. The van der Waals surface area contributed by atoms with Crippen LogP contribution in [0, 0.1) is 0 Å². The fourth-order valence-electron chi connectivity index (χ4n) is 2.12. The first-order chi connectivity index (χ1) is 8.73. The number of hydrogen-bond donors (Lipinski definition) is 2. The van der Waals surface area contributed by atoms with Gasteiger partial charge in [0, 0.05) is 27.6 Å². The molecule has 0 bridgehead atoms. The van der Waals surface area contributed by atoms with E-state index in [1.165, 1.54) is 0 Å². The molecule has 0 aliphatic heterocycles. The summed E-state index contributed by atoms with van der Waals surface area (Å²) in [5.74, 6) is 0. The van der Waals surface area contributed by atoms with E-state index in [4.69, 9.17) is 5.73 Å². The quantitative estimate of drug-likeness (QED) is 0.682. The Bertz CT molecular complexity index is 410. The van der Waals surface area contributed by atoms with Crippen LogP contribution in [-0.4, -0.2) is 28.6 Å². The lowest BCUT2D eigenvalue weighted by Gasteiger charge is -2.32. The molecule has 0 saturated carbocycles. The van der Waals surface area contributed by atoms with Crippen LogP contribution in [0.3, 0.4) is 0 Å². The topological polar surface area (TPSA) is 49.5 Å². The number of anilines is 1. The summed E-state index contributed by atoms with van der Waals surface area (Å²) < 4.78 is 1.60. The number of aliphatic hydroxyl groups is 1. The van der Waals surface area contributed by atoms with Crippen LogP contribution in [0.1, 0.15) is 39.4 Å². The van der Waals surface area contributed by atoms with E-state index < -0.39 is 6.10 Å². The first-order valence-corrected chi connectivity index (χ1v) is 8.00. The van der Waals surface area contributed by atoms with Crippen molar-refractivity contribution in [1.29, 1.82) is 0 Å². The number of rotatable bonds is 5. The Morgan fingerprint density at radius 1 is 1.10 bits per heavy atom. The molecule has 1 aromatic rings. The molecular weight excluding hydrogens is 407 g/mol. The van der Waals surface area contributed by atoms with E-state index in [9.17, 15) is 5.11 Å². The van der Waals surface area contributed by atoms with Crippen LogP contribution in [0.25, 0.3) is 0 Å². The fourth-order valence-corrected chi connectivity index (χ4v) is 3.34. The second-order valence-electron chi connectivity index (χ2n) is 5.30. The summed E-state index contributed by atoms with van der Waals surface area (Å²) in [6, 6.07) is 4.55. The van der Waals surface area contributed by atoms with E-state index in [2.05, 4.69) is 64.5 Å². The maximum atomic E-state index is 10.4. The van der Waals surface area contributed by atoms with Crippen molar-refractivity contribution in [3.8, 4) is 0 Å². The SMILES string of the molecule is CC(C)N(CC(O)c1cc(Br)c(N)c(Br)c1)C(C)C.Cl. The Kier molecular flexibility index (Phi) is 8.67. The van der Waals surface area contributed by atoms with E-state index >= 15 is 0 Å². The molecule has 3 N–H and O–H groups in total. The number of nitrogen functional groups attached to an aromatic ring is 1. The van der Waals surface area contributed by atoms with Crippen LogP contribution < -0.4 is 5.73 Å². The molecule has 0 aliphatic carbocycles. The Morgan fingerprint density at radius 3 is 1.85 bits per heavy atom. The maximum absolute atomic E-state index is 10.4. The number of halogens is 3. The van der Waals surface area contributed by atoms with Gasteiger partial charge in [-0.1, -0.05) is 0 Å². The summed E-state index contributed by atoms with van der Waals surface area (Å²) in [5, 5.41) is 10.4. The molecule has 20 heavy (non-hydrogen) atoms. The van der Waals surface area contributed by atoms with Gasteiger partial charge in [-0.25, -0.2) is 0 Å². The summed E-state index contributed by atoms with van der Waals surface area (Å²) >= 11 is 6.82. The summed E-state index contributed by atoms with van der Waals surface area (Å²) in [6.07, 6.45) is -0.530. The molecule has 1 unspecified atom stereocenters. The zero-order chi connectivity index (χ0) is 14.7. The highest BCUT2D eigenvalue weighted by atomic mass is 79.9. The van der Waals surface area contributed by atoms with Crippen LogP contribution in [0.5, 0.6) is 0 Å². The second-order valence-corrected chi connectivity index (χ2v) is 7.01. The Morgan fingerprint density at radius 2 is 1.50 bits per heavy atom. The van der Waals surface area contributed by atoms with Crippen LogP contribution in [0.2, 0.25) is 0 Å². The predicted molar refractivity (Wildman–Crippen MR) is 95.4 cm³/mol. The van der Waals surface area contributed by atoms with Crippen molar-refractivity contribution < 1.29 is 5.11 Å². The maximum Gasteiger partial charge on any atom is 0.0917 e. The third-order valence-electron chi connectivity index (χ3n) is 3.20. The van der Waals surface area contributed by atoms with Gasteiger partial charge in [0.2, 0.25) is 0 Å². The molecule has 1 atom stereocenters. The van der Waals surface area contributed by atoms with E-state index in [1.54, 1.807) is 0 Å². The van der Waals surface area contributed by atoms with Gasteiger partial charge in [-0.2, -0.15) is 0 Å². The average molecular weight is 431 g/mol. The van der Waals surface area contributed by atoms with Crippen molar-refractivity contribution in [3.63, 3.8) is 0 Å². The van der Waals surface area contributed by atoms with E-state index in [0.717, 1.165) is 14.5 Å².